The summed E-state index contributed by atoms with van der Waals surface area (Å²) in [5.41, 5.74) is 1.83. The van der Waals surface area contributed by atoms with Crippen LogP contribution in [-0.2, 0) is 0 Å². The quantitative estimate of drug-likeness (QED) is 0.559. The number of anilines is 1. The molecule has 27 heavy (non-hydrogen) atoms. The summed E-state index contributed by atoms with van der Waals surface area (Å²) in [6.45, 7) is 0. The Hall–Kier alpha value is -3.44. The Bertz CT molecular complexity index is 1200. The molecule has 2 aromatic carbocycles. The number of nitrogens with zero attached hydrogens (tertiary/aromatic N) is 1. The lowest BCUT2D eigenvalue weighted by Gasteiger charge is -2.08. The van der Waals surface area contributed by atoms with Crippen LogP contribution in [0.3, 0.4) is 0 Å². The van der Waals surface area contributed by atoms with Crippen LogP contribution in [0, 0.1) is 0 Å². The lowest BCUT2D eigenvalue weighted by atomic mass is 10.1. The molecular formula is C21H13ClN2O3. The number of hydrogen-bond acceptors (Lipinski definition) is 4. The van der Waals surface area contributed by atoms with Crippen LogP contribution in [0.2, 0.25) is 5.02 Å². The number of carbonyl (C=O) groups is 1. The van der Waals surface area contributed by atoms with Crippen molar-refractivity contribution in [1.29, 1.82) is 0 Å². The summed E-state index contributed by atoms with van der Waals surface area (Å²) in [6, 6.07) is 16.7. The van der Waals surface area contributed by atoms with Crippen molar-refractivity contribution in [2.75, 3.05) is 5.32 Å². The summed E-state index contributed by atoms with van der Waals surface area (Å²) < 4.78 is 5.85. The van der Waals surface area contributed by atoms with Gasteiger partial charge < -0.3 is 9.73 Å². The van der Waals surface area contributed by atoms with E-state index in [2.05, 4.69) is 10.3 Å². The van der Waals surface area contributed by atoms with Crippen LogP contribution in [0.4, 0.5) is 5.69 Å². The Balaban J connectivity index is 1.71. The van der Waals surface area contributed by atoms with E-state index >= 15 is 0 Å². The zero-order chi connectivity index (χ0) is 18.8. The molecule has 5 nitrogen and oxygen atoms in total. The summed E-state index contributed by atoms with van der Waals surface area (Å²) in [4.78, 5) is 28.7. The molecule has 0 saturated carbocycles. The van der Waals surface area contributed by atoms with Crippen LogP contribution >= 0.6 is 11.6 Å². The minimum Gasteiger partial charge on any atom is -0.456 e. The first kappa shape index (κ1) is 17.0. The van der Waals surface area contributed by atoms with Crippen molar-refractivity contribution in [3.05, 3.63) is 93.9 Å². The first-order chi connectivity index (χ1) is 13.1. The molecule has 0 fully saturated rings. The third kappa shape index (κ3) is 3.45. The second kappa shape index (κ2) is 7.05. The number of pyridine rings is 1. The van der Waals surface area contributed by atoms with E-state index in [1.54, 1.807) is 54.9 Å². The van der Waals surface area contributed by atoms with E-state index in [1.165, 1.54) is 6.07 Å². The summed E-state index contributed by atoms with van der Waals surface area (Å²) in [7, 11) is 0. The van der Waals surface area contributed by atoms with E-state index in [-0.39, 0.29) is 11.3 Å². The molecule has 2 aromatic heterocycles. The molecule has 0 saturated heterocycles. The van der Waals surface area contributed by atoms with Crippen LogP contribution in [0.1, 0.15) is 10.4 Å². The first-order valence-electron chi connectivity index (χ1n) is 8.16. The largest absolute Gasteiger partial charge is 0.456 e. The Kier molecular flexibility index (Phi) is 4.44. The van der Waals surface area contributed by atoms with E-state index in [9.17, 15) is 9.59 Å². The molecule has 6 heteroatoms. The third-order valence-corrected chi connectivity index (χ3v) is 4.40. The van der Waals surface area contributed by atoms with Crippen LogP contribution < -0.4 is 10.7 Å². The van der Waals surface area contributed by atoms with Crippen molar-refractivity contribution in [3.8, 4) is 11.3 Å². The van der Waals surface area contributed by atoms with Crippen LogP contribution in [0.25, 0.3) is 22.3 Å². The number of halogens is 1. The van der Waals surface area contributed by atoms with Gasteiger partial charge in [0.15, 0.2) is 5.43 Å². The number of nitrogens with one attached hydrogen (secondary N) is 1. The van der Waals surface area contributed by atoms with Gasteiger partial charge in [-0.2, -0.15) is 0 Å². The number of aromatic nitrogens is 1. The Morgan fingerprint density at radius 1 is 1.00 bits per heavy atom. The predicted octanol–water partition coefficient (Wildman–Crippen LogP) is 4.76. The van der Waals surface area contributed by atoms with Gasteiger partial charge in [0.25, 0.3) is 5.91 Å². The molecular weight excluding hydrogens is 364 g/mol. The number of hydrogen-bond donors (Lipinski definition) is 1. The molecule has 1 N–H and O–H groups in total. The SMILES string of the molecule is O=C(Nc1ccc2oc(-c3ccccc3Cl)cc(=O)c2c1)c1ccncc1. The molecule has 4 rings (SSSR count). The van der Waals surface area contributed by atoms with Crippen molar-refractivity contribution in [1.82, 2.24) is 4.98 Å². The van der Waals surface area contributed by atoms with Crippen molar-refractivity contribution in [2.24, 2.45) is 0 Å². The standard InChI is InChI=1S/C21H13ClN2O3/c22-17-4-2-1-3-15(17)20-12-18(25)16-11-14(5-6-19(16)27-20)24-21(26)13-7-9-23-10-8-13/h1-12H,(H,24,26). The Morgan fingerprint density at radius 3 is 2.56 bits per heavy atom. The highest BCUT2D eigenvalue weighted by Gasteiger charge is 2.11. The smallest absolute Gasteiger partial charge is 0.255 e. The monoisotopic (exact) mass is 376 g/mol. The summed E-state index contributed by atoms with van der Waals surface area (Å²) in [5.74, 6) is 0.112. The van der Waals surface area contributed by atoms with E-state index in [1.807, 2.05) is 12.1 Å². The van der Waals surface area contributed by atoms with Gasteiger partial charge in [-0.3, -0.25) is 14.6 Å². The average Bonchev–Trinajstić information content (AvgIpc) is 2.69. The van der Waals surface area contributed by atoms with Gasteiger partial charge >= 0.3 is 0 Å². The van der Waals surface area contributed by atoms with Crippen molar-refractivity contribution in [3.63, 3.8) is 0 Å². The normalized spacial score (nSPS) is 10.7. The summed E-state index contributed by atoms with van der Waals surface area (Å²) in [5, 5.41) is 3.64. The molecule has 0 radical (unpaired) electrons. The molecule has 0 aliphatic heterocycles. The molecule has 2 heterocycles. The van der Waals surface area contributed by atoms with Gasteiger partial charge in [-0.15, -0.1) is 0 Å². The molecule has 4 aromatic rings. The highest BCUT2D eigenvalue weighted by Crippen LogP contribution is 2.29. The minimum absolute atomic E-state index is 0.217. The topological polar surface area (TPSA) is 72.2 Å². The molecule has 0 atom stereocenters. The zero-order valence-corrected chi connectivity index (χ0v) is 14.7. The number of fused-ring (bicyclic) bond motifs is 1. The van der Waals surface area contributed by atoms with E-state index in [4.69, 9.17) is 16.0 Å². The second-order valence-electron chi connectivity index (χ2n) is 5.86. The Labute approximate surface area is 159 Å². The van der Waals surface area contributed by atoms with Gasteiger partial charge in [0.2, 0.25) is 0 Å². The Morgan fingerprint density at radius 2 is 1.78 bits per heavy atom. The lowest BCUT2D eigenvalue weighted by molar-refractivity contribution is 0.102. The van der Waals surface area contributed by atoms with E-state index in [0.29, 0.717) is 38.6 Å². The van der Waals surface area contributed by atoms with Crippen molar-refractivity contribution >= 4 is 34.2 Å². The predicted molar refractivity (Wildman–Crippen MR) is 105 cm³/mol. The number of rotatable bonds is 3. The fourth-order valence-electron chi connectivity index (χ4n) is 2.73. The van der Waals surface area contributed by atoms with Crippen LogP contribution in [0.15, 0.2) is 82.3 Å². The number of benzene rings is 2. The van der Waals surface area contributed by atoms with Gasteiger partial charge in [0.1, 0.15) is 11.3 Å². The lowest BCUT2D eigenvalue weighted by Crippen LogP contribution is -2.12. The maximum absolute atomic E-state index is 12.6. The molecule has 1 amide bonds. The molecule has 0 spiro atoms. The van der Waals surface area contributed by atoms with Crippen LogP contribution in [-0.4, -0.2) is 10.9 Å². The summed E-state index contributed by atoms with van der Waals surface area (Å²) >= 11 is 6.19. The van der Waals surface area contributed by atoms with Crippen molar-refractivity contribution in [2.45, 2.75) is 0 Å². The highest BCUT2D eigenvalue weighted by molar-refractivity contribution is 6.33. The van der Waals surface area contributed by atoms with Crippen LogP contribution in [0.5, 0.6) is 0 Å². The van der Waals surface area contributed by atoms with Gasteiger partial charge in [0, 0.05) is 35.3 Å². The number of carbonyl (C=O) groups excluding carboxylic acids is 1. The molecule has 0 aliphatic rings. The molecule has 132 valence electrons. The van der Waals surface area contributed by atoms with Gasteiger partial charge in [-0.1, -0.05) is 23.7 Å². The van der Waals surface area contributed by atoms with E-state index < -0.39 is 0 Å². The number of amides is 1. The highest BCUT2D eigenvalue weighted by atomic mass is 35.5. The second-order valence-corrected chi connectivity index (χ2v) is 6.26. The van der Waals surface area contributed by atoms with Gasteiger partial charge in [-0.25, -0.2) is 0 Å². The van der Waals surface area contributed by atoms with Gasteiger partial charge in [-0.05, 0) is 42.5 Å². The molecule has 0 aliphatic carbocycles. The van der Waals surface area contributed by atoms with E-state index in [0.717, 1.165) is 0 Å². The van der Waals surface area contributed by atoms with Crippen molar-refractivity contribution < 1.29 is 9.21 Å². The first-order valence-corrected chi connectivity index (χ1v) is 8.54. The van der Waals surface area contributed by atoms with Gasteiger partial charge in [0.05, 0.1) is 10.4 Å². The summed E-state index contributed by atoms with van der Waals surface area (Å²) in [6.07, 6.45) is 3.08. The maximum Gasteiger partial charge on any atom is 0.255 e. The third-order valence-electron chi connectivity index (χ3n) is 4.07. The fraction of sp³-hybridized carbons (Fsp3) is 0. The zero-order valence-electron chi connectivity index (χ0n) is 14.0. The maximum atomic E-state index is 12.6. The minimum atomic E-state index is -0.283. The molecule has 0 bridgehead atoms. The average molecular weight is 377 g/mol. The molecule has 0 unspecified atom stereocenters. The fourth-order valence-corrected chi connectivity index (χ4v) is 2.96.